The molecular weight excluding hydrogens is 288 g/mol. The van der Waals surface area contributed by atoms with Crippen LogP contribution in [0.25, 0.3) is 10.8 Å². The molecule has 3 heteroatoms. The first-order chi connectivity index (χ1) is 11.1. The molecule has 0 aliphatic carbocycles. The summed E-state index contributed by atoms with van der Waals surface area (Å²) in [6, 6.07) is 16.9. The maximum absolute atomic E-state index is 12.9. The van der Waals surface area contributed by atoms with Gasteiger partial charge in [0.2, 0.25) is 0 Å². The van der Waals surface area contributed by atoms with Gasteiger partial charge in [-0.25, -0.2) is 0 Å². The third kappa shape index (κ3) is 2.78. The van der Waals surface area contributed by atoms with Gasteiger partial charge in [-0.15, -0.1) is 0 Å². The Kier molecular flexibility index (Phi) is 4.02. The summed E-state index contributed by atoms with van der Waals surface area (Å²) >= 11 is 0. The molecule has 0 aliphatic heterocycles. The lowest BCUT2D eigenvalue weighted by Gasteiger charge is -2.11. The lowest BCUT2D eigenvalue weighted by atomic mass is 9.96. The smallest absolute Gasteiger partial charge is 0.193 e. The number of hydrogen-bond donors (Lipinski definition) is 0. The van der Waals surface area contributed by atoms with E-state index >= 15 is 0 Å². The normalized spacial score (nSPS) is 10.6. The summed E-state index contributed by atoms with van der Waals surface area (Å²) in [4.78, 5) is 12.9. The highest BCUT2D eigenvalue weighted by Gasteiger charge is 2.15. The third-order valence-corrected chi connectivity index (χ3v) is 3.96. The van der Waals surface area contributed by atoms with E-state index < -0.39 is 0 Å². The highest BCUT2D eigenvalue weighted by Crippen LogP contribution is 2.32. The lowest BCUT2D eigenvalue weighted by molar-refractivity contribution is 0.104. The largest absolute Gasteiger partial charge is 0.497 e. The molecule has 0 amide bonds. The van der Waals surface area contributed by atoms with Crippen molar-refractivity contribution < 1.29 is 14.3 Å². The van der Waals surface area contributed by atoms with Gasteiger partial charge >= 0.3 is 0 Å². The molecule has 0 N–H and O–H groups in total. The summed E-state index contributed by atoms with van der Waals surface area (Å²) in [7, 11) is 3.24. The Bertz CT molecular complexity index is 864. The SMILES string of the molecule is COc1ccc2c(OC)ccc(C(=O)c3ccc(C)cc3)c2c1. The Balaban J connectivity index is 2.20. The number of benzene rings is 3. The van der Waals surface area contributed by atoms with Crippen molar-refractivity contribution in [3.05, 3.63) is 71.3 Å². The molecule has 0 aliphatic rings. The molecule has 3 aromatic carbocycles. The Hall–Kier alpha value is -2.81. The topological polar surface area (TPSA) is 35.5 Å². The second-order valence-corrected chi connectivity index (χ2v) is 5.42. The Labute approximate surface area is 135 Å². The van der Waals surface area contributed by atoms with Gasteiger partial charge in [-0.05, 0) is 37.3 Å². The van der Waals surface area contributed by atoms with Crippen LogP contribution in [0.5, 0.6) is 11.5 Å². The van der Waals surface area contributed by atoms with Crippen LogP contribution in [0.1, 0.15) is 21.5 Å². The highest BCUT2D eigenvalue weighted by atomic mass is 16.5. The van der Waals surface area contributed by atoms with Gasteiger partial charge in [-0.3, -0.25) is 4.79 Å². The minimum atomic E-state index is -0.00842. The molecule has 0 spiro atoms. The molecule has 3 rings (SSSR count). The number of carbonyl (C=O) groups is 1. The van der Waals surface area contributed by atoms with Crippen LogP contribution in [0.3, 0.4) is 0 Å². The maximum atomic E-state index is 12.9. The first-order valence-corrected chi connectivity index (χ1v) is 7.40. The summed E-state index contributed by atoms with van der Waals surface area (Å²) < 4.78 is 10.7. The fourth-order valence-electron chi connectivity index (χ4n) is 2.66. The zero-order chi connectivity index (χ0) is 16.4. The number of methoxy groups -OCH3 is 2. The van der Waals surface area contributed by atoms with Crippen molar-refractivity contribution in [1.82, 2.24) is 0 Å². The molecule has 0 saturated heterocycles. The number of ketones is 1. The van der Waals surface area contributed by atoms with Crippen molar-refractivity contribution in [3.63, 3.8) is 0 Å². The number of aryl methyl sites for hydroxylation is 1. The van der Waals surface area contributed by atoms with Gasteiger partial charge in [-0.2, -0.15) is 0 Å². The predicted octanol–water partition coefficient (Wildman–Crippen LogP) is 4.40. The number of carbonyl (C=O) groups excluding carboxylic acids is 1. The molecule has 3 aromatic rings. The molecular formula is C20H18O3. The molecule has 0 atom stereocenters. The average Bonchev–Trinajstić information content (AvgIpc) is 2.60. The van der Waals surface area contributed by atoms with Gasteiger partial charge in [0.15, 0.2) is 5.78 Å². The Morgan fingerprint density at radius 2 is 1.57 bits per heavy atom. The van der Waals surface area contributed by atoms with Crippen LogP contribution < -0.4 is 9.47 Å². The van der Waals surface area contributed by atoms with Crippen molar-refractivity contribution in [3.8, 4) is 11.5 Å². The van der Waals surface area contributed by atoms with Crippen molar-refractivity contribution >= 4 is 16.6 Å². The molecule has 0 radical (unpaired) electrons. The standard InChI is InChI=1S/C20H18O3/c1-13-4-6-14(7-5-13)20(21)17-10-11-19(23-3)16-9-8-15(22-2)12-18(16)17/h4-12H,1-3H3. The van der Waals surface area contributed by atoms with Gasteiger partial charge in [0.1, 0.15) is 11.5 Å². The van der Waals surface area contributed by atoms with Crippen molar-refractivity contribution in [2.45, 2.75) is 6.92 Å². The number of rotatable bonds is 4. The third-order valence-electron chi connectivity index (χ3n) is 3.96. The fraction of sp³-hybridized carbons (Fsp3) is 0.150. The van der Waals surface area contributed by atoms with Crippen LogP contribution in [0, 0.1) is 6.92 Å². The van der Waals surface area contributed by atoms with Gasteiger partial charge < -0.3 is 9.47 Å². The first-order valence-electron chi connectivity index (χ1n) is 7.40. The van der Waals surface area contributed by atoms with E-state index in [2.05, 4.69) is 0 Å². The van der Waals surface area contributed by atoms with Crippen molar-refractivity contribution in [2.75, 3.05) is 14.2 Å². The van der Waals surface area contributed by atoms with Crippen LogP contribution >= 0.6 is 0 Å². The molecule has 0 fully saturated rings. The van der Waals surface area contributed by atoms with E-state index in [9.17, 15) is 4.79 Å². The number of ether oxygens (including phenoxy) is 2. The van der Waals surface area contributed by atoms with E-state index in [4.69, 9.17) is 9.47 Å². The monoisotopic (exact) mass is 306 g/mol. The highest BCUT2D eigenvalue weighted by molar-refractivity contribution is 6.17. The second-order valence-electron chi connectivity index (χ2n) is 5.42. The quantitative estimate of drug-likeness (QED) is 0.670. The summed E-state index contributed by atoms with van der Waals surface area (Å²) in [6.45, 7) is 2.00. The summed E-state index contributed by atoms with van der Waals surface area (Å²) in [6.07, 6.45) is 0. The minimum Gasteiger partial charge on any atom is -0.497 e. The molecule has 0 bridgehead atoms. The molecule has 116 valence electrons. The first kappa shape index (κ1) is 15.1. The van der Waals surface area contributed by atoms with Crippen LogP contribution in [-0.2, 0) is 0 Å². The van der Waals surface area contributed by atoms with E-state index in [1.165, 1.54) is 0 Å². The van der Waals surface area contributed by atoms with Crippen LogP contribution in [-0.4, -0.2) is 20.0 Å². The lowest BCUT2D eigenvalue weighted by Crippen LogP contribution is -2.03. The van der Waals surface area contributed by atoms with E-state index in [1.807, 2.05) is 61.5 Å². The summed E-state index contributed by atoms with van der Waals surface area (Å²) in [5, 5.41) is 1.72. The Morgan fingerprint density at radius 3 is 2.22 bits per heavy atom. The van der Waals surface area contributed by atoms with Crippen LogP contribution in [0.15, 0.2) is 54.6 Å². The van der Waals surface area contributed by atoms with E-state index in [0.717, 1.165) is 22.1 Å². The molecule has 23 heavy (non-hydrogen) atoms. The minimum absolute atomic E-state index is 0.00842. The van der Waals surface area contributed by atoms with E-state index in [-0.39, 0.29) is 5.78 Å². The zero-order valence-electron chi connectivity index (χ0n) is 13.4. The second kappa shape index (κ2) is 6.13. The zero-order valence-corrected chi connectivity index (χ0v) is 13.4. The van der Waals surface area contributed by atoms with Gasteiger partial charge in [0.05, 0.1) is 14.2 Å². The van der Waals surface area contributed by atoms with Crippen LogP contribution in [0.2, 0.25) is 0 Å². The van der Waals surface area contributed by atoms with Gasteiger partial charge in [0.25, 0.3) is 0 Å². The number of hydrogen-bond acceptors (Lipinski definition) is 3. The summed E-state index contributed by atoms with van der Waals surface area (Å²) in [5.74, 6) is 1.44. The molecule has 0 heterocycles. The number of fused-ring (bicyclic) bond motifs is 1. The molecule has 0 saturated carbocycles. The van der Waals surface area contributed by atoms with E-state index in [1.54, 1.807) is 14.2 Å². The van der Waals surface area contributed by atoms with Gasteiger partial charge in [-0.1, -0.05) is 29.8 Å². The summed E-state index contributed by atoms with van der Waals surface area (Å²) in [5.41, 5.74) is 2.44. The van der Waals surface area contributed by atoms with E-state index in [0.29, 0.717) is 16.9 Å². The molecule has 0 aromatic heterocycles. The molecule has 3 nitrogen and oxygen atoms in total. The van der Waals surface area contributed by atoms with Gasteiger partial charge in [0, 0.05) is 21.9 Å². The molecule has 0 unspecified atom stereocenters. The average molecular weight is 306 g/mol. The Morgan fingerprint density at radius 1 is 0.826 bits per heavy atom. The van der Waals surface area contributed by atoms with Crippen molar-refractivity contribution in [2.24, 2.45) is 0 Å². The predicted molar refractivity (Wildman–Crippen MR) is 91.7 cm³/mol. The fourth-order valence-corrected chi connectivity index (χ4v) is 2.66. The van der Waals surface area contributed by atoms with Crippen molar-refractivity contribution in [1.29, 1.82) is 0 Å². The van der Waals surface area contributed by atoms with Crippen LogP contribution in [0.4, 0.5) is 0 Å². The maximum Gasteiger partial charge on any atom is 0.193 e.